The smallest absolute Gasteiger partial charge is 0.225 e. The van der Waals surface area contributed by atoms with Crippen molar-refractivity contribution in [1.29, 1.82) is 0 Å². The third kappa shape index (κ3) is 2.56. The molecule has 0 radical (unpaired) electrons. The molecule has 3 aromatic heterocycles. The second kappa shape index (κ2) is 5.99. The highest BCUT2D eigenvalue weighted by Gasteiger charge is 2.23. The number of hydrogen-bond donors (Lipinski definition) is 1. The Morgan fingerprint density at radius 3 is 2.48 bits per heavy atom. The first-order valence-corrected chi connectivity index (χ1v) is 8.59. The monoisotopic (exact) mass is 328 g/mol. The fraction of sp³-hybridized carbons (Fsp3) is 0.357. The van der Waals surface area contributed by atoms with Crippen molar-refractivity contribution in [2.45, 2.75) is 5.03 Å². The van der Waals surface area contributed by atoms with Gasteiger partial charge in [0, 0.05) is 38.6 Å². The van der Waals surface area contributed by atoms with Crippen LogP contribution in [0.3, 0.4) is 0 Å². The molecule has 1 aliphatic heterocycles. The molecule has 0 spiro atoms. The van der Waals surface area contributed by atoms with Crippen molar-refractivity contribution in [3.63, 3.8) is 0 Å². The second-order valence-electron chi connectivity index (χ2n) is 5.18. The van der Waals surface area contributed by atoms with Gasteiger partial charge in [-0.15, -0.1) is 11.8 Å². The van der Waals surface area contributed by atoms with E-state index in [9.17, 15) is 0 Å². The van der Waals surface area contributed by atoms with Crippen LogP contribution in [0.4, 0.5) is 11.8 Å². The van der Waals surface area contributed by atoms with Crippen LogP contribution in [0.1, 0.15) is 0 Å². The Hall–Kier alpha value is -2.42. The molecule has 118 valence electrons. The summed E-state index contributed by atoms with van der Waals surface area (Å²) in [5, 5.41) is 9.22. The molecular formula is C14H16N8S. The van der Waals surface area contributed by atoms with Gasteiger partial charge in [0.15, 0.2) is 5.65 Å². The Labute approximate surface area is 137 Å². The first-order valence-electron chi connectivity index (χ1n) is 7.37. The first-order chi connectivity index (χ1) is 11.4. The van der Waals surface area contributed by atoms with Crippen LogP contribution in [-0.2, 0) is 0 Å². The molecule has 0 bridgehead atoms. The van der Waals surface area contributed by atoms with E-state index in [1.54, 1.807) is 30.5 Å². The summed E-state index contributed by atoms with van der Waals surface area (Å²) in [6.45, 7) is 3.46. The molecule has 0 atom stereocenters. The molecule has 1 saturated heterocycles. The van der Waals surface area contributed by atoms with Crippen LogP contribution in [0.5, 0.6) is 0 Å². The van der Waals surface area contributed by atoms with Gasteiger partial charge in [0.25, 0.3) is 0 Å². The number of piperazine rings is 1. The summed E-state index contributed by atoms with van der Waals surface area (Å²) in [4.78, 5) is 21.9. The normalized spacial score (nSPS) is 15.3. The fourth-order valence-electron chi connectivity index (χ4n) is 2.78. The van der Waals surface area contributed by atoms with E-state index in [1.165, 1.54) is 0 Å². The van der Waals surface area contributed by atoms with Gasteiger partial charge in [0.1, 0.15) is 17.2 Å². The van der Waals surface area contributed by atoms with Crippen molar-refractivity contribution < 1.29 is 0 Å². The minimum absolute atomic E-state index is 0.785. The maximum absolute atomic E-state index is 4.50. The van der Waals surface area contributed by atoms with E-state index in [-0.39, 0.29) is 0 Å². The van der Waals surface area contributed by atoms with E-state index in [0.717, 1.165) is 54.0 Å². The van der Waals surface area contributed by atoms with E-state index < -0.39 is 0 Å². The Kier molecular flexibility index (Phi) is 3.70. The highest BCUT2D eigenvalue weighted by Crippen LogP contribution is 2.30. The van der Waals surface area contributed by atoms with Gasteiger partial charge in [-0.2, -0.15) is 5.10 Å². The number of H-pyrrole nitrogens is 1. The Bertz CT molecular complexity index is 797. The van der Waals surface area contributed by atoms with Crippen LogP contribution >= 0.6 is 11.8 Å². The highest BCUT2D eigenvalue weighted by molar-refractivity contribution is 7.98. The van der Waals surface area contributed by atoms with E-state index in [0.29, 0.717) is 0 Å². The van der Waals surface area contributed by atoms with Crippen LogP contribution in [-0.4, -0.2) is 62.6 Å². The molecule has 4 heterocycles. The molecule has 23 heavy (non-hydrogen) atoms. The zero-order valence-corrected chi connectivity index (χ0v) is 13.5. The standard InChI is InChI=1S/C14H16N8S/c1-23-13-10-11(19-20-13)17-9-18-12(10)21-5-7-22(8-6-21)14-15-3-2-4-16-14/h2-4,9H,5-8H2,1H3,(H,17,18,19,20). The first kappa shape index (κ1) is 14.2. The Balaban J connectivity index is 1.58. The average molecular weight is 328 g/mol. The highest BCUT2D eigenvalue weighted by atomic mass is 32.2. The van der Waals surface area contributed by atoms with Gasteiger partial charge >= 0.3 is 0 Å². The van der Waals surface area contributed by atoms with Gasteiger partial charge in [-0.3, -0.25) is 5.10 Å². The Morgan fingerprint density at radius 1 is 1.00 bits per heavy atom. The average Bonchev–Trinajstić information content (AvgIpc) is 3.06. The predicted octanol–water partition coefficient (Wildman–Crippen LogP) is 1.19. The van der Waals surface area contributed by atoms with Crippen molar-refractivity contribution in [3.05, 3.63) is 24.8 Å². The van der Waals surface area contributed by atoms with Crippen LogP contribution in [0.15, 0.2) is 29.8 Å². The van der Waals surface area contributed by atoms with Crippen molar-refractivity contribution in [3.8, 4) is 0 Å². The minimum Gasteiger partial charge on any atom is -0.352 e. The van der Waals surface area contributed by atoms with Gasteiger partial charge < -0.3 is 9.80 Å². The molecule has 3 aromatic rings. The summed E-state index contributed by atoms with van der Waals surface area (Å²) in [5.41, 5.74) is 0.785. The number of nitrogens with zero attached hydrogens (tertiary/aromatic N) is 7. The van der Waals surface area contributed by atoms with Crippen LogP contribution < -0.4 is 9.80 Å². The van der Waals surface area contributed by atoms with Crippen LogP contribution in [0.25, 0.3) is 11.0 Å². The molecule has 1 N–H and O–H groups in total. The third-order valence-corrected chi connectivity index (χ3v) is 4.59. The van der Waals surface area contributed by atoms with Crippen LogP contribution in [0.2, 0.25) is 0 Å². The number of aromatic amines is 1. The molecule has 0 aromatic carbocycles. The molecule has 8 nitrogen and oxygen atoms in total. The molecule has 4 rings (SSSR count). The molecule has 0 saturated carbocycles. The summed E-state index contributed by atoms with van der Waals surface area (Å²) in [7, 11) is 0. The predicted molar refractivity (Wildman–Crippen MR) is 89.9 cm³/mol. The number of thioether (sulfide) groups is 1. The minimum atomic E-state index is 0.785. The molecular weight excluding hydrogens is 312 g/mol. The topological polar surface area (TPSA) is 86.7 Å². The number of hydrogen-bond acceptors (Lipinski definition) is 8. The number of aromatic nitrogens is 6. The van der Waals surface area contributed by atoms with Crippen molar-refractivity contribution in [2.24, 2.45) is 0 Å². The van der Waals surface area contributed by atoms with Gasteiger partial charge in [-0.05, 0) is 12.3 Å². The van der Waals surface area contributed by atoms with Crippen LogP contribution in [0, 0.1) is 0 Å². The largest absolute Gasteiger partial charge is 0.352 e. The number of anilines is 2. The number of fused-ring (bicyclic) bond motifs is 1. The van der Waals surface area contributed by atoms with E-state index >= 15 is 0 Å². The molecule has 0 amide bonds. The third-order valence-electron chi connectivity index (χ3n) is 3.91. The summed E-state index contributed by atoms with van der Waals surface area (Å²) in [6, 6.07) is 1.83. The lowest BCUT2D eigenvalue weighted by Crippen LogP contribution is -2.47. The lowest BCUT2D eigenvalue weighted by Gasteiger charge is -2.35. The summed E-state index contributed by atoms with van der Waals surface area (Å²) in [5.74, 6) is 1.73. The Morgan fingerprint density at radius 2 is 1.74 bits per heavy atom. The number of rotatable bonds is 3. The lowest BCUT2D eigenvalue weighted by atomic mass is 10.3. The van der Waals surface area contributed by atoms with Crippen molar-refractivity contribution in [2.75, 3.05) is 42.2 Å². The van der Waals surface area contributed by atoms with Crippen molar-refractivity contribution in [1.82, 2.24) is 30.1 Å². The summed E-state index contributed by atoms with van der Waals surface area (Å²) in [6.07, 6.45) is 7.15. The zero-order chi connectivity index (χ0) is 15.6. The molecule has 0 unspecified atom stereocenters. The molecule has 9 heteroatoms. The summed E-state index contributed by atoms with van der Waals surface area (Å²) < 4.78 is 0. The zero-order valence-electron chi connectivity index (χ0n) is 12.7. The van der Waals surface area contributed by atoms with E-state index in [2.05, 4.69) is 39.9 Å². The number of nitrogens with one attached hydrogen (secondary N) is 1. The maximum Gasteiger partial charge on any atom is 0.225 e. The van der Waals surface area contributed by atoms with Gasteiger partial charge in [-0.25, -0.2) is 19.9 Å². The van der Waals surface area contributed by atoms with Crippen molar-refractivity contribution >= 4 is 34.6 Å². The SMILES string of the molecule is CSc1n[nH]c2ncnc(N3CCN(c4ncccn4)CC3)c12. The second-order valence-corrected chi connectivity index (χ2v) is 5.97. The maximum atomic E-state index is 4.50. The molecule has 1 aliphatic rings. The van der Waals surface area contributed by atoms with Gasteiger partial charge in [0.2, 0.25) is 5.95 Å². The molecule has 0 aliphatic carbocycles. The fourth-order valence-corrected chi connectivity index (χ4v) is 3.31. The molecule has 1 fully saturated rings. The van der Waals surface area contributed by atoms with Gasteiger partial charge in [-0.1, -0.05) is 0 Å². The van der Waals surface area contributed by atoms with E-state index in [4.69, 9.17) is 0 Å². The lowest BCUT2D eigenvalue weighted by molar-refractivity contribution is 0.635. The van der Waals surface area contributed by atoms with Gasteiger partial charge in [0.05, 0.1) is 5.39 Å². The quantitative estimate of drug-likeness (QED) is 0.718. The van der Waals surface area contributed by atoms with E-state index in [1.807, 2.05) is 12.3 Å². The summed E-state index contributed by atoms with van der Waals surface area (Å²) >= 11 is 1.60.